The van der Waals surface area contributed by atoms with Crippen molar-refractivity contribution >= 4 is 23.3 Å². The van der Waals surface area contributed by atoms with Crippen LogP contribution in [0, 0.1) is 0 Å². The Hall–Kier alpha value is -1.64. The van der Waals surface area contributed by atoms with Crippen LogP contribution in [0.1, 0.15) is 279 Å². The Morgan fingerprint density at radius 1 is 0.381 bits per heavy atom. The maximum atomic E-state index is 12.9. The van der Waals surface area contributed by atoms with E-state index in [0.717, 1.165) is 167 Å². The highest BCUT2D eigenvalue weighted by atomic mass is 16.5. The summed E-state index contributed by atoms with van der Waals surface area (Å²) < 4.78 is 6.10. The van der Waals surface area contributed by atoms with E-state index in [9.17, 15) is 24.3 Å². The maximum Gasteiger partial charge on any atom is 0.306 e. The van der Waals surface area contributed by atoms with Crippen molar-refractivity contribution in [3.63, 3.8) is 0 Å². The van der Waals surface area contributed by atoms with Gasteiger partial charge in [-0.3, -0.25) is 4.79 Å². The molecule has 372 valence electrons. The molecule has 0 fully saturated rings. The molecule has 1 atom stereocenters. The third kappa shape index (κ3) is 46.7. The Morgan fingerprint density at radius 3 is 0.968 bits per heavy atom. The molecule has 63 heavy (non-hydrogen) atoms. The first-order chi connectivity index (χ1) is 30.6. The first-order valence-electron chi connectivity index (χ1n) is 27.4. The van der Waals surface area contributed by atoms with E-state index in [4.69, 9.17) is 4.74 Å². The average Bonchev–Trinajstić information content (AvgIpc) is 3.23. The van der Waals surface area contributed by atoms with Crippen molar-refractivity contribution < 1.29 is 29.0 Å². The van der Waals surface area contributed by atoms with Crippen molar-refractivity contribution in [2.24, 2.45) is 0 Å². The van der Waals surface area contributed by atoms with E-state index in [2.05, 4.69) is 23.6 Å². The van der Waals surface area contributed by atoms with Crippen molar-refractivity contribution in [3.8, 4) is 0 Å². The van der Waals surface area contributed by atoms with Gasteiger partial charge in [-0.15, -0.1) is 0 Å². The van der Waals surface area contributed by atoms with Gasteiger partial charge < -0.3 is 34.0 Å². The second-order valence-corrected chi connectivity index (χ2v) is 19.7. The monoisotopic (exact) mass is 891 g/mol. The lowest BCUT2D eigenvalue weighted by molar-refractivity contribution is -0.150. The molecule has 0 aliphatic heterocycles. The zero-order chi connectivity index (χ0) is 46.4. The zero-order valence-corrected chi connectivity index (χ0v) is 42.7. The Balaban J connectivity index is 5.01. The number of ketones is 3. The zero-order valence-electron chi connectivity index (χ0n) is 42.7. The van der Waals surface area contributed by atoms with Crippen LogP contribution in [-0.4, -0.2) is 89.7 Å². The van der Waals surface area contributed by atoms with Gasteiger partial charge in [-0.25, -0.2) is 0 Å². The minimum atomic E-state index is -0.399. The Bertz CT molecular complexity index is 1010. The molecular formula is C55H106N2O6. The summed E-state index contributed by atoms with van der Waals surface area (Å²) in [6, 6.07) is 0. The van der Waals surface area contributed by atoms with E-state index in [-0.39, 0.29) is 29.4 Å². The predicted molar refractivity (Wildman–Crippen MR) is 268 cm³/mol. The van der Waals surface area contributed by atoms with Gasteiger partial charge in [0, 0.05) is 38.8 Å². The van der Waals surface area contributed by atoms with E-state index in [1.807, 2.05) is 0 Å². The number of ether oxygens (including phenoxy) is 1. The summed E-state index contributed by atoms with van der Waals surface area (Å²) in [5.74, 6) is 0.848. The minimum absolute atomic E-state index is 0.00166. The van der Waals surface area contributed by atoms with Gasteiger partial charge in [-0.2, -0.15) is 0 Å². The summed E-state index contributed by atoms with van der Waals surface area (Å²) in [5.41, 5.74) is 0. The topological polar surface area (TPSA) is 104 Å². The lowest BCUT2D eigenvalue weighted by Crippen LogP contribution is -2.41. The van der Waals surface area contributed by atoms with E-state index in [0.29, 0.717) is 38.8 Å². The van der Waals surface area contributed by atoms with Crippen molar-refractivity contribution in [2.75, 3.05) is 39.3 Å². The largest absolute Gasteiger partial charge is 0.462 e. The molecule has 0 aromatic heterocycles. The lowest BCUT2D eigenvalue weighted by Gasteiger charge is -2.29. The average molecular weight is 891 g/mol. The second-order valence-electron chi connectivity index (χ2n) is 19.7. The summed E-state index contributed by atoms with van der Waals surface area (Å²) in [6.07, 6.45) is 41.5. The van der Waals surface area contributed by atoms with Crippen LogP contribution in [0.5, 0.6) is 0 Å². The molecule has 0 aliphatic rings. The first kappa shape index (κ1) is 61.4. The second kappa shape index (κ2) is 46.9. The van der Waals surface area contributed by atoms with Gasteiger partial charge >= 0.3 is 5.97 Å². The fourth-order valence-electron chi connectivity index (χ4n) is 8.91. The standard InChI is InChI=1S/C55H106N2O6/c1-6-8-10-12-21-31-41-54(42-32-22-13-11-9-7-2)63-55(62)43-33-23-17-27-37-47-57(46-36-26-16-20-30-40-52(5)60)49-53(61)48-56(44-34-24-14-18-28-38-50(3)58)45-35-25-15-19-29-39-51(4)59/h53-54,61H,6-49H2,1-5H3. The molecular weight excluding hydrogens is 785 g/mol. The van der Waals surface area contributed by atoms with Gasteiger partial charge in [0.25, 0.3) is 0 Å². The predicted octanol–water partition coefficient (Wildman–Crippen LogP) is 14.5. The number of aliphatic hydroxyl groups is 1. The summed E-state index contributed by atoms with van der Waals surface area (Å²) in [7, 11) is 0. The van der Waals surface area contributed by atoms with Gasteiger partial charge in [-0.05, 0) is 124 Å². The fraction of sp³-hybridized carbons (Fsp3) is 0.927. The van der Waals surface area contributed by atoms with Crippen LogP contribution in [0.3, 0.4) is 0 Å². The number of unbranched alkanes of at least 4 members (excludes halogenated alkanes) is 26. The molecule has 8 nitrogen and oxygen atoms in total. The minimum Gasteiger partial charge on any atom is -0.462 e. The van der Waals surface area contributed by atoms with E-state index in [1.54, 1.807) is 20.8 Å². The highest BCUT2D eigenvalue weighted by Gasteiger charge is 2.17. The molecule has 0 spiro atoms. The smallest absolute Gasteiger partial charge is 0.306 e. The molecule has 0 aromatic rings. The number of Topliss-reactive ketones (excluding diaryl/α,β-unsaturated/α-hetero) is 3. The third-order valence-corrected chi connectivity index (χ3v) is 12.9. The van der Waals surface area contributed by atoms with Crippen LogP contribution in [0.2, 0.25) is 0 Å². The number of rotatable bonds is 51. The molecule has 1 unspecified atom stereocenters. The van der Waals surface area contributed by atoms with Crippen LogP contribution in [0.4, 0.5) is 0 Å². The van der Waals surface area contributed by atoms with Crippen LogP contribution >= 0.6 is 0 Å². The number of hydrogen-bond donors (Lipinski definition) is 1. The first-order valence-corrected chi connectivity index (χ1v) is 27.4. The number of carbonyl (C=O) groups is 4. The SMILES string of the molecule is CCCCCCCCC(CCCCCCCC)OC(=O)CCCCCCCN(CCCCCCCC(C)=O)CC(O)CN(CCCCCCCC(C)=O)CCCCCCCC(C)=O. The van der Waals surface area contributed by atoms with Crippen LogP contribution < -0.4 is 0 Å². The highest BCUT2D eigenvalue weighted by molar-refractivity contribution is 5.75. The van der Waals surface area contributed by atoms with Gasteiger partial charge in [0.15, 0.2) is 0 Å². The number of nitrogens with zero attached hydrogens (tertiary/aromatic N) is 2. The molecule has 0 aromatic carbocycles. The fourth-order valence-corrected chi connectivity index (χ4v) is 8.91. The Labute approximate surface area is 391 Å². The van der Waals surface area contributed by atoms with Crippen LogP contribution in [0.15, 0.2) is 0 Å². The molecule has 8 heteroatoms. The molecule has 0 rings (SSSR count). The van der Waals surface area contributed by atoms with Crippen molar-refractivity contribution in [1.82, 2.24) is 9.80 Å². The lowest BCUT2D eigenvalue weighted by atomic mass is 10.0. The van der Waals surface area contributed by atoms with Gasteiger partial charge in [0.1, 0.15) is 23.5 Å². The number of carbonyl (C=O) groups excluding carboxylic acids is 4. The van der Waals surface area contributed by atoms with Crippen molar-refractivity contribution in [2.45, 2.75) is 291 Å². The number of aliphatic hydroxyl groups excluding tert-OH is 1. The summed E-state index contributed by atoms with van der Waals surface area (Å²) in [5, 5.41) is 11.5. The van der Waals surface area contributed by atoms with E-state index >= 15 is 0 Å². The normalized spacial score (nSPS) is 12.2. The van der Waals surface area contributed by atoms with Gasteiger partial charge in [0.2, 0.25) is 0 Å². The molecule has 0 radical (unpaired) electrons. The summed E-state index contributed by atoms with van der Waals surface area (Å²) in [4.78, 5) is 51.9. The number of hydrogen-bond acceptors (Lipinski definition) is 8. The molecule has 0 aliphatic carbocycles. The van der Waals surface area contributed by atoms with E-state index in [1.165, 1.54) is 77.0 Å². The van der Waals surface area contributed by atoms with Crippen molar-refractivity contribution in [1.29, 1.82) is 0 Å². The van der Waals surface area contributed by atoms with Crippen molar-refractivity contribution in [3.05, 3.63) is 0 Å². The number of esters is 1. The van der Waals surface area contributed by atoms with Crippen LogP contribution in [0.25, 0.3) is 0 Å². The third-order valence-electron chi connectivity index (χ3n) is 12.9. The maximum absolute atomic E-state index is 12.9. The summed E-state index contributed by atoms with van der Waals surface area (Å²) >= 11 is 0. The molecule has 0 bridgehead atoms. The quantitative estimate of drug-likeness (QED) is 0.0476. The highest BCUT2D eigenvalue weighted by Crippen LogP contribution is 2.19. The Kier molecular flexibility index (Phi) is 45.7. The Morgan fingerprint density at radius 2 is 0.651 bits per heavy atom. The summed E-state index contributed by atoms with van der Waals surface area (Å²) in [6.45, 7) is 14.9. The van der Waals surface area contributed by atoms with Gasteiger partial charge in [0.05, 0.1) is 6.10 Å². The van der Waals surface area contributed by atoms with Crippen LogP contribution in [-0.2, 0) is 23.9 Å². The van der Waals surface area contributed by atoms with Gasteiger partial charge in [-0.1, -0.05) is 155 Å². The molecule has 1 N–H and O–H groups in total. The molecule has 0 saturated heterocycles. The van der Waals surface area contributed by atoms with E-state index < -0.39 is 6.10 Å². The molecule has 0 amide bonds. The molecule has 0 saturated carbocycles. The molecule has 0 heterocycles.